The van der Waals surface area contributed by atoms with Crippen LogP contribution in [0.15, 0.2) is 42.5 Å². The highest BCUT2D eigenvalue weighted by molar-refractivity contribution is 7.22. The summed E-state index contributed by atoms with van der Waals surface area (Å²) >= 11 is 1.43. The molecule has 146 valence electrons. The number of benzene rings is 2. The zero-order chi connectivity index (χ0) is 20.1. The van der Waals surface area contributed by atoms with Gasteiger partial charge in [-0.3, -0.25) is 9.59 Å². The molecule has 0 bridgehead atoms. The van der Waals surface area contributed by atoms with Crippen molar-refractivity contribution in [1.29, 1.82) is 0 Å². The molecule has 5 nitrogen and oxygen atoms in total. The van der Waals surface area contributed by atoms with E-state index in [0.29, 0.717) is 24.5 Å². The topological polar surface area (TPSA) is 71.1 Å². The summed E-state index contributed by atoms with van der Waals surface area (Å²) in [6.07, 6.45) is 0.971. The summed E-state index contributed by atoms with van der Waals surface area (Å²) in [5, 5.41) is 6.25. The summed E-state index contributed by atoms with van der Waals surface area (Å²) in [4.78, 5) is 28.3. The molecule has 7 heteroatoms. The van der Waals surface area contributed by atoms with Crippen molar-refractivity contribution in [3.05, 3.63) is 59.4 Å². The second-order valence-electron chi connectivity index (χ2n) is 6.87. The molecule has 0 fully saturated rings. The van der Waals surface area contributed by atoms with Gasteiger partial charge in [0.15, 0.2) is 5.13 Å². The smallest absolute Gasteiger partial charge is 0.228 e. The second kappa shape index (κ2) is 8.93. The number of carbonyl (C=O) groups is 2. The van der Waals surface area contributed by atoms with E-state index < -0.39 is 0 Å². The van der Waals surface area contributed by atoms with Gasteiger partial charge in [-0.2, -0.15) is 0 Å². The lowest BCUT2D eigenvalue weighted by atomic mass is 10.1. The Bertz CT molecular complexity index is 983. The predicted molar refractivity (Wildman–Crippen MR) is 110 cm³/mol. The van der Waals surface area contributed by atoms with Crippen LogP contribution in [0.5, 0.6) is 0 Å². The van der Waals surface area contributed by atoms with Gasteiger partial charge in [0.1, 0.15) is 5.82 Å². The van der Waals surface area contributed by atoms with Crippen molar-refractivity contribution >= 4 is 38.5 Å². The highest BCUT2D eigenvalue weighted by atomic mass is 32.1. The number of aromatic nitrogens is 1. The molecular formula is C21H22FN3O2S. The molecule has 0 radical (unpaired) electrons. The van der Waals surface area contributed by atoms with Gasteiger partial charge in [-0.05, 0) is 41.8 Å². The molecular weight excluding hydrogens is 377 g/mol. The highest BCUT2D eigenvalue weighted by Gasteiger charge is 2.11. The molecule has 1 aromatic heterocycles. The lowest BCUT2D eigenvalue weighted by Gasteiger charge is -2.06. The van der Waals surface area contributed by atoms with E-state index in [1.165, 1.54) is 23.5 Å². The Morgan fingerprint density at radius 3 is 2.54 bits per heavy atom. The molecule has 3 aromatic rings. The number of nitrogens with zero attached hydrogens (tertiary/aromatic N) is 1. The molecule has 2 amide bonds. The lowest BCUT2D eigenvalue weighted by molar-refractivity contribution is -0.121. The van der Waals surface area contributed by atoms with Gasteiger partial charge in [-0.1, -0.05) is 43.4 Å². The predicted octanol–water partition coefficient (Wildman–Crippen LogP) is 4.28. The first-order valence-corrected chi connectivity index (χ1v) is 9.94. The maximum Gasteiger partial charge on any atom is 0.228 e. The Balaban J connectivity index is 1.54. The van der Waals surface area contributed by atoms with E-state index in [-0.39, 0.29) is 23.5 Å². The fourth-order valence-electron chi connectivity index (χ4n) is 2.58. The van der Waals surface area contributed by atoms with E-state index in [0.717, 1.165) is 21.3 Å². The largest absolute Gasteiger partial charge is 0.352 e. The van der Waals surface area contributed by atoms with Gasteiger partial charge in [-0.25, -0.2) is 9.37 Å². The molecule has 0 aliphatic heterocycles. The summed E-state index contributed by atoms with van der Waals surface area (Å²) in [7, 11) is 0. The standard InChI is InChI=1S/C21H22FN3O2S/c1-13(2)20(27)25-21-24-17-9-5-14(11-18(17)28-21)6-10-19(26)23-12-15-3-7-16(22)8-4-15/h3-5,7-9,11,13H,6,10,12H2,1-2H3,(H,23,26)(H,24,25,27). The van der Waals surface area contributed by atoms with Crippen molar-refractivity contribution in [2.45, 2.75) is 33.2 Å². The molecule has 0 spiro atoms. The maximum absolute atomic E-state index is 12.9. The van der Waals surface area contributed by atoms with Crippen molar-refractivity contribution in [2.24, 2.45) is 5.92 Å². The van der Waals surface area contributed by atoms with Gasteiger partial charge >= 0.3 is 0 Å². The number of aryl methyl sites for hydroxylation is 1. The number of fused-ring (bicyclic) bond motifs is 1. The first kappa shape index (κ1) is 19.9. The Hall–Kier alpha value is -2.80. The van der Waals surface area contributed by atoms with Crippen LogP contribution < -0.4 is 10.6 Å². The Kier molecular flexibility index (Phi) is 6.36. The number of rotatable bonds is 7. The molecule has 3 rings (SSSR count). The fourth-order valence-corrected chi connectivity index (χ4v) is 3.51. The van der Waals surface area contributed by atoms with Crippen molar-refractivity contribution in [2.75, 3.05) is 5.32 Å². The minimum Gasteiger partial charge on any atom is -0.352 e. The van der Waals surface area contributed by atoms with Crippen LogP contribution in [0.2, 0.25) is 0 Å². The van der Waals surface area contributed by atoms with Gasteiger partial charge < -0.3 is 10.6 Å². The van der Waals surface area contributed by atoms with E-state index in [2.05, 4.69) is 15.6 Å². The molecule has 0 saturated heterocycles. The van der Waals surface area contributed by atoms with E-state index >= 15 is 0 Å². The number of anilines is 1. The van der Waals surface area contributed by atoms with Gasteiger partial charge in [0, 0.05) is 18.9 Å². The van der Waals surface area contributed by atoms with Crippen LogP contribution in [0, 0.1) is 11.7 Å². The molecule has 0 aliphatic rings. The van der Waals surface area contributed by atoms with E-state index in [1.807, 2.05) is 32.0 Å². The van der Waals surface area contributed by atoms with Crippen molar-refractivity contribution < 1.29 is 14.0 Å². The lowest BCUT2D eigenvalue weighted by Crippen LogP contribution is -2.22. The summed E-state index contributed by atoms with van der Waals surface area (Å²) in [6, 6.07) is 11.9. The quantitative estimate of drug-likeness (QED) is 0.623. The van der Waals surface area contributed by atoms with Crippen LogP contribution >= 0.6 is 11.3 Å². The average Bonchev–Trinajstić information content (AvgIpc) is 3.07. The van der Waals surface area contributed by atoms with Crippen molar-refractivity contribution in [3.8, 4) is 0 Å². The molecule has 0 atom stereocenters. The molecule has 0 saturated carbocycles. The third-order valence-corrected chi connectivity index (χ3v) is 5.18. The van der Waals surface area contributed by atoms with Gasteiger partial charge in [0.25, 0.3) is 0 Å². The minimum atomic E-state index is -0.291. The van der Waals surface area contributed by atoms with Crippen LogP contribution in [-0.4, -0.2) is 16.8 Å². The normalized spacial score (nSPS) is 11.0. The number of carbonyl (C=O) groups excluding carboxylic acids is 2. The third kappa shape index (κ3) is 5.36. The fraction of sp³-hybridized carbons (Fsp3) is 0.286. The van der Waals surface area contributed by atoms with Crippen LogP contribution in [-0.2, 0) is 22.6 Å². The van der Waals surface area contributed by atoms with Gasteiger partial charge in [0.2, 0.25) is 11.8 Å². The number of halogens is 1. The average molecular weight is 399 g/mol. The number of hydrogen-bond donors (Lipinski definition) is 2. The molecule has 2 N–H and O–H groups in total. The SMILES string of the molecule is CC(C)C(=O)Nc1nc2ccc(CCC(=O)NCc3ccc(F)cc3)cc2s1. The molecule has 2 aromatic carbocycles. The summed E-state index contributed by atoms with van der Waals surface area (Å²) in [5.41, 5.74) is 2.72. The second-order valence-corrected chi connectivity index (χ2v) is 7.90. The molecule has 0 aliphatic carbocycles. The summed E-state index contributed by atoms with van der Waals surface area (Å²) in [5.74, 6) is -0.507. The van der Waals surface area contributed by atoms with E-state index in [1.54, 1.807) is 12.1 Å². The van der Waals surface area contributed by atoms with Crippen LogP contribution in [0.3, 0.4) is 0 Å². The maximum atomic E-state index is 12.9. The number of thiazole rings is 1. The van der Waals surface area contributed by atoms with Crippen LogP contribution in [0.25, 0.3) is 10.2 Å². The number of nitrogens with one attached hydrogen (secondary N) is 2. The van der Waals surface area contributed by atoms with Crippen LogP contribution in [0.1, 0.15) is 31.4 Å². The third-order valence-electron chi connectivity index (χ3n) is 4.25. The number of hydrogen-bond acceptors (Lipinski definition) is 4. The number of amides is 2. The van der Waals surface area contributed by atoms with E-state index in [4.69, 9.17) is 0 Å². The Morgan fingerprint density at radius 1 is 1.11 bits per heavy atom. The van der Waals surface area contributed by atoms with Crippen LogP contribution in [0.4, 0.5) is 9.52 Å². The monoisotopic (exact) mass is 399 g/mol. The van der Waals surface area contributed by atoms with Gasteiger partial charge in [-0.15, -0.1) is 0 Å². The zero-order valence-corrected chi connectivity index (χ0v) is 16.6. The Morgan fingerprint density at radius 2 is 1.82 bits per heavy atom. The summed E-state index contributed by atoms with van der Waals surface area (Å²) in [6.45, 7) is 4.05. The highest BCUT2D eigenvalue weighted by Crippen LogP contribution is 2.27. The summed E-state index contributed by atoms with van der Waals surface area (Å²) < 4.78 is 13.9. The first-order chi connectivity index (χ1) is 13.4. The molecule has 0 unspecified atom stereocenters. The molecule has 1 heterocycles. The zero-order valence-electron chi connectivity index (χ0n) is 15.8. The van der Waals surface area contributed by atoms with E-state index in [9.17, 15) is 14.0 Å². The van der Waals surface area contributed by atoms with Crippen molar-refractivity contribution in [1.82, 2.24) is 10.3 Å². The van der Waals surface area contributed by atoms with Crippen molar-refractivity contribution in [3.63, 3.8) is 0 Å². The molecule has 28 heavy (non-hydrogen) atoms. The first-order valence-electron chi connectivity index (χ1n) is 9.12. The Labute approximate surface area is 167 Å². The minimum absolute atomic E-state index is 0.0568. The van der Waals surface area contributed by atoms with Gasteiger partial charge in [0.05, 0.1) is 10.2 Å².